The van der Waals surface area contributed by atoms with Gasteiger partial charge in [0.2, 0.25) is 5.75 Å². The van der Waals surface area contributed by atoms with Gasteiger partial charge in [-0.25, -0.2) is 4.98 Å². The molecule has 1 aromatic heterocycles. The highest BCUT2D eigenvalue weighted by molar-refractivity contribution is 5.94. The van der Waals surface area contributed by atoms with Gasteiger partial charge in [0.15, 0.2) is 11.5 Å². The molecule has 0 atom stereocenters. The first-order valence-electron chi connectivity index (χ1n) is 16.9. The van der Waals surface area contributed by atoms with E-state index in [1.807, 2.05) is 84.9 Å². The fraction of sp³-hybridized carbons (Fsp3) is 0.300. The number of ether oxygens (including phenoxy) is 7. The zero-order valence-corrected chi connectivity index (χ0v) is 30.3. The number of rotatable bonds is 19. The van der Waals surface area contributed by atoms with E-state index in [9.17, 15) is 4.79 Å². The highest BCUT2D eigenvalue weighted by Crippen LogP contribution is 2.44. The molecule has 0 bridgehead atoms. The van der Waals surface area contributed by atoms with Crippen LogP contribution in [0.5, 0.6) is 28.7 Å². The first kappa shape index (κ1) is 37.7. The third kappa shape index (κ3) is 9.02. The number of nitrogens with zero attached hydrogens (tertiary/aromatic N) is 2. The first-order valence-corrected chi connectivity index (χ1v) is 16.9. The summed E-state index contributed by atoms with van der Waals surface area (Å²) in [5.74, 6) is 3.35. The molecule has 3 N–H and O–H groups in total. The van der Waals surface area contributed by atoms with Gasteiger partial charge in [0.25, 0.3) is 5.91 Å². The Morgan fingerprint density at radius 3 is 1.90 bits per heavy atom. The van der Waals surface area contributed by atoms with Crippen molar-refractivity contribution in [1.82, 2.24) is 14.9 Å². The summed E-state index contributed by atoms with van der Waals surface area (Å²) in [4.78, 5) is 18.2. The molecule has 0 unspecified atom stereocenters. The third-order valence-corrected chi connectivity index (χ3v) is 8.30. The number of nitrogens with one attached hydrogen (secondary N) is 1. The highest BCUT2D eigenvalue weighted by Gasteiger charge is 2.25. The Kier molecular flexibility index (Phi) is 13.5. The van der Waals surface area contributed by atoms with E-state index in [4.69, 9.17) is 43.9 Å². The van der Waals surface area contributed by atoms with Gasteiger partial charge in [0.1, 0.15) is 17.3 Å². The molecule has 5 aromatic rings. The summed E-state index contributed by atoms with van der Waals surface area (Å²) in [6, 6.07) is 27.0. The second-order valence-corrected chi connectivity index (χ2v) is 11.6. The molecule has 1 heterocycles. The van der Waals surface area contributed by atoms with Gasteiger partial charge in [-0.15, -0.1) is 0 Å². The molecule has 12 nitrogen and oxygen atoms in total. The highest BCUT2D eigenvalue weighted by atomic mass is 16.5. The molecule has 0 aliphatic heterocycles. The van der Waals surface area contributed by atoms with Gasteiger partial charge >= 0.3 is 0 Å². The van der Waals surface area contributed by atoms with E-state index in [-0.39, 0.29) is 5.91 Å². The van der Waals surface area contributed by atoms with E-state index in [2.05, 4.69) is 9.88 Å². The molecule has 0 saturated heterocycles. The van der Waals surface area contributed by atoms with Crippen LogP contribution in [0.25, 0.3) is 33.9 Å². The van der Waals surface area contributed by atoms with Gasteiger partial charge in [0, 0.05) is 41.9 Å². The smallest absolute Gasteiger partial charge is 0.251 e. The van der Waals surface area contributed by atoms with Crippen LogP contribution in [0, 0.1) is 0 Å². The van der Waals surface area contributed by atoms with Crippen molar-refractivity contribution in [3.05, 3.63) is 96.1 Å². The number of carbonyl (C=O) groups is 1. The summed E-state index contributed by atoms with van der Waals surface area (Å²) in [5, 5.41) is 2.91. The quantitative estimate of drug-likeness (QED) is 0.103. The summed E-state index contributed by atoms with van der Waals surface area (Å²) in [7, 11) is 8.03. The Labute approximate surface area is 304 Å². The van der Waals surface area contributed by atoms with E-state index < -0.39 is 0 Å². The molecule has 0 spiro atoms. The first-order chi connectivity index (χ1) is 25.4. The summed E-state index contributed by atoms with van der Waals surface area (Å²) in [6.45, 7) is 3.04. The van der Waals surface area contributed by atoms with Crippen LogP contribution in [0.15, 0.2) is 84.9 Å². The van der Waals surface area contributed by atoms with Crippen molar-refractivity contribution in [3.8, 4) is 62.7 Å². The van der Waals surface area contributed by atoms with Crippen molar-refractivity contribution in [2.75, 3.05) is 75.1 Å². The Morgan fingerprint density at radius 1 is 0.692 bits per heavy atom. The average Bonchev–Trinajstić information content (AvgIpc) is 3.57. The predicted molar refractivity (Wildman–Crippen MR) is 200 cm³/mol. The maximum absolute atomic E-state index is 12.9. The van der Waals surface area contributed by atoms with Crippen LogP contribution in [-0.2, 0) is 16.0 Å². The summed E-state index contributed by atoms with van der Waals surface area (Å²) >= 11 is 0. The van der Waals surface area contributed by atoms with Gasteiger partial charge in [-0.2, -0.15) is 0 Å². The van der Waals surface area contributed by atoms with Crippen LogP contribution >= 0.6 is 0 Å². The maximum atomic E-state index is 12.9. The molecule has 1 amide bonds. The van der Waals surface area contributed by atoms with Gasteiger partial charge < -0.3 is 48.8 Å². The number of amides is 1. The fourth-order valence-corrected chi connectivity index (χ4v) is 5.76. The molecule has 0 aliphatic rings. The lowest BCUT2D eigenvalue weighted by atomic mass is 10.0. The van der Waals surface area contributed by atoms with Crippen LogP contribution in [-0.4, -0.2) is 90.5 Å². The van der Waals surface area contributed by atoms with E-state index in [0.717, 1.165) is 33.6 Å². The number of hydrogen-bond donors (Lipinski definition) is 2. The SMILES string of the molecule is COc1cccc(-c2nc(-c3cc(OC)c(OC)c(OC)c3)n(Cc3ccc(C(=O)NCCOCCOCCN)cc3)c2-c2cccc(OC)c2)c1. The summed E-state index contributed by atoms with van der Waals surface area (Å²) < 4.78 is 41.3. The van der Waals surface area contributed by atoms with E-state index in [1.165, 1.54) is 0 Å². The fourth-order valence-electron chi connectivity index (χ4n) is 5.76. The predicted octanol–water partition coefficient (Wildman–Crippen LogP) is 5.70. The average molecular weight is 711 g/mol. The van der Waals surface area contributed by atoms with Crippen LogP contribution in [0.1, 0.15) is 15.9 Å². The Morgan fingerprint density at radius 2 is 1.31 bits per heavy atom. The van der Waals surface area contributed by atoms with Gasteiger partial charge in [0.05, 0.1) is 73.4 Å². The van der Waals surface area contributed by atoms with Gasteiger partial charge in [-0.3, -0.25) is 4.79 Å². The van der Waals surface area contributed by atoms with Crippen LogP contribution < -0.4 is 34.7 Å². The molecular formula is C40H46N4O8. The minimum Gasteiger partial charge on any atom is -0.497 e. The Hall–Kier alpha value is -5.56. The lowest BCUT2D eigenvalue weighted by Gasteiger charge is -2.17. The molecule has 0 aliphatic carbocycles. The van der Waals surface area contributed by atoms with Gasteiger partial charge in [-0.05, 0) is 54.1 Å². The lowest BCUT2D eigenvalue weighted by Crippen LogP contribution is -2.27. The molecular weight excluding hydrogens is 664 g/mol. The van der Waals surface area contributed by atoms with Crippen LogP contribution in [0.3, 0.4) is 0 Å². The zero-order valence-electron chi connectivity index (χ0n) is 30.3. The summed E-state index contributed by atoms with van der Waals surface area (Å²) in [5.41, 5.74) is 11.0. The number of hydrogen-bond acceptors (Lipinski definition) is 10. The zero-order chi connectivity index (χ0) is 36.9. The second kappa shape index (κ2) is 18.6. The Balaban J connectivity index is 1.56. The maximum Gasteiger partial charge on any atom is 0.251 e. The monoisotopic (exact) mass is 710 g/mol. The molecule has 5 rings (SSSR count). The van der Waals surface area contributed by atoms with Gasteiger partial charge in [-0.1, -0.05) is 36.4 Å². The molecule has 12 heteroatoms. The topological polar surface area (TPSA) is 138 Å². The van der Waals surface area contributed by atoms with Crippen molar-refractivity contribution in [2.24, 2.45) is 5.73 Å². The number of imidazole rings is 1. The molecule has 52 heavy (non-hydrogen) atoms. The third-order valence-electron chi connectivity index (χ3n) is 8.30. The van der Waals surface area contributed by atoms with Crippen molar-refractivity contribution in [2.45, 2.75) is 6.54 Å². The van der Waals surface area contributed by atoms with Crippen molar-refractivity contribution < 1.29 is 38.0 Å². The van der Waals surface area contributed by atoms with E-state index in [1.54, 1.807) is 35.5 Å². The molecule has 4 aromatic carbocycles. The molecule has 0 fully saturated rings. The molecule has 274 valence electrons. The number of methoxy groups -OCH3 is 5. The number of aromatic nitrogens is 2. The van der Waals surface area contributed by atoms with Crippen LogP contribution in [0.4, 0.5) is 0 Å². The standard InChI is InChI=1S/C40H46N4O8/c1-46-32-10-6-8-29(22-32)36-37(30-9-7-11-33(23-30)47-2)44(39(43-36)31-24-34(48-3)38(50-5)35(25-31)49-4)26-27-12-14-28(15-13-27)40(45)42-17-19-52-21-20-51-18-16-41/h6-15,22-25H,16-21,26,41H2,1-5H3,(H,42,45). The van der Waals surface area contributed by atoms with E-state index in [0.29, 0.717) is 86.2 Å². The molecule has 0 radical (unpaired) electrons. The van der Waals surface area contributed by atoms with E-state index >= 15 is 0 Å². The molecule has 0 saturated carbocycles. The Bertz CT molecular complexity index is 1900. The minimum absolute atomic E-state index is 0.187. The summed E-state index contributed by atoms with van der Waals surface area (Å²) in [6.07, 6.45) is 0. The van der Waals surface area contributed by atoms with Crippen LogP contribution in [0.2, 0.25) is 0 Å². The number of carbonyl (C=O) groups excluding carboxylic acids is 1. The minimum atomic E-state index is -0.187. The lowest BCUT2D eigenvalue weighted by molar-refractivity contribution is 0.0511. The van der Waals surface area contributed by atoms with Crippen molar-refractivity contribution in [1.29, 1.82) is 0 Å². The normalized spacial score (nSPS) is 10.9. The number of benzene rings is 4. The number of nitrogens with two attached hydrogens (primary N) is 1. The largest absolute Gasteiger partial charge is 0.497 e. The second-order valence-electron chi connectivity index (χ2n) is 11.6. The van der Waals surface area contributed by atoms with Crippen molar-refractivity contribution in [3.63, 3.8) is 0 Å². The van der Waals surface area contributed by atoms with Crippen molar-refractivity contribution >= 4 is 5.91 Å².